The predicted octanol–water partition coefficient (Wildman–Crippen LogP) is 3.58. The highest BCUT2D eigenvalue weighted by molar-refractivity contribution is 5.87. The average molecular weight is 277 g/mol. The number of aromatic carboxylic acids is 1. The fraction of sp³-hybridized carbons (Fsp3) is 0.133. The van der Waals surface area contributed by atoms with E-state index in [1.54, 1.807) is 19.1 Å². The molecule has 0 fully saturated rings. The number of rotatable bonds is 4. The first-order chi connectivity index (χ1) is 9.47. The third kappa shape index (κ3) is 3.12. The van der Waals surface area contributed by atoms with Crippen LogP contribution in [0.2, 0.25) is 0 Å². The summed E-state index contributed by atoms with van der Waals surface area (Å²) >= 11 is 0. The van der Waals surface area contributed by atoms with Crippen molar-refractivity contribution in [3.63, 3.8) is 0 Å². The fourth-order valence-corrected chi connectivity index (χ4v) is 1.80. The molecule has 0 saturated carbocycles. The lowest BCUT2D eigenvalue weighted by Gasteiger charge is -2.08. The monoisotopic (exact) mass is 277 g/mol. The molecule has 0 unspecified atom stereocenters. The molecular formula is C15H13F2NO2. The Morgan fingerprint density at radius 2 is 1.90 bits per heavy atom. The van der Waals surface area contributed by atoms with E-state index in [9.17, 15) is 13.6 Å². The van der Waals surface area contributed by atoms with E-state index < -0.39 is 11.8 Å². The summed E-state index contributed by atoms with van der Waals surface area (Å²) in [5.74, 6) is -2.35. The molecule has 3 nitrogen and oxygen atoms in total. The van der Waals surface area contributed by atoms with Crippen LogP contribution in [0.3, 0.4) is 0 Å². The van der Waals surface area contributed by atoms with E-state index >= 15 is 0 Å². The topological polar surface area (TPSA) is 49.3 Å². The molecule has 2 rings (SSSR count). The molecule has 104 valence electrons. The highest BCUT2D eigenvalue weighted by Crippen LogP contribution is 2.16. The predicted molar refractivity (Wildman–Crippen MR) is 71.8 cm³/mol. The molecule has 0 heterocycles. The fourth-order valence-electron chi connectivity index (χ4n) is 1.80. The lowest BCUT2D eigenvalue weighted by Crippen LogP contribution is -2.04. The molecule has 2 aromatic carbocycles. The van der Waals surface area contributed by atoms with Crippen molar-refractivity contribution < 1.29 is 18.7 Å². The van der Waals surface area contributed by atoms with Gasteiger partial charge in [0.1, 0.15) is 11.6 Å². The summed E-state index contributed by atoms with van der Waals surface area (Å²) in [5.41, 5.74) is 1.48. The maximum atomic E-state index is 13.5. The van der Waals surface area contributed by atoms with Crippen LogP contribution in [0.15, 0.2) is 36.4 Å². The third-order valence-corrected chi connectivity index (χ3v) is 2.92. The Bertz CT molecular complexity index is 656. The number of anilines is 1. The Hall–Kier alpha value is -2.43. The van der Waals surface area contributed by atoms with Crippen molar-refractivity contribution in [1.82, 2.24) is 0 Å². The molecule has 5 heteroatoms. The standard InChI is InChI=1S/C15H13F2NO2/c1-9-6-11(3-5-13(9)16)18-8-10-2-4-12(15(19)20)14(17)7-10/h2-7,18H,8H2,1H3,(H,19,20). The second-order valence-electron chi connectivity index (χ2n) is 4.44. The third-order valence-electron chi connectivity index (χ3n) is 2.92. The van der Waals surface area contributed by atoms with E-state index in [-0.39, 0.29) is 11.4 Å². The van der Waals surface area contributed by atoms with Gasteiger partial charge in [-0.3, -0.25) is 0 Å². The van der Waals surface area contributed by atoms with E-state index in [4.69, 9.17) is 5.11 Å². The number of hydrogen-bond donors (Lipinski definition) is 2. The Morgan fingerprint density at radius 1 is 1.15 bits per heavy atom. The molecular weight excluding hydrogens is 264 g/mol. The van der Waals surface area contributed by atoms with Gasteiger partial charge in [0.25, 0.3) is 0 Å². The van der Waals surface area contributed by atoms with Gasteiger partial charge >= 0.3 is 5.97 Å². The van der Waals surface area contributed by atoms with Gasteiger partial charge < -0.3 is 10.4 Å². The van der Waals surface area contributed by atoms with Crippen molar-refractivity contribution in [3.05, 3.63) is 64.7 Å². The molecule has 0 saturated heterocycles. The lowest BCUT2D eigenvalue weighted by atomic mass is 10.1. The molecule has 0 bridgehead atoms. The Morgan fingerprint density at radius 3 is 2.50 bits per heavy atom. The van der Waals surface area contributed by atoms with Gasteiger partial charge in [-0.2, -0.15) is 0 Å². The zero-order valence-corrected chi connectivity index (χ0v) is 10.8. The van der Waals surface area contributed by atoms with Crippen LogP contribution in [-0.4, -0.2) is 11.1 Å². The van der Waals surface area contributed by atoms with E-state index in [1.165, 1.54) is 24.3 Å². The molecule has 2 aromatic rings. The van der Waals surface area contributed by atoms with Gasteiger partial charge in [-0.25, -0.2) is 13.6 Å². The number of carboxylic acids is 1. The number of halogens is 2. The number of nitrogens with one attached hydrogen (secondary N) is 1. The largest absolute Gasteiger partial charge is 0.478 e. The summed E-state index contributed by atoms with van der Waals surface area (Å²) in [6.45, 7) is 1.98. The number of hydrogen-bond acceptors (Lipinski definition) is 2. The summed E-state index contributed by atoms with van der Waals surface area (Å²) in [4.78, 5) is 10.7. The van der Waals surface area contributed by atoms with Gasteiger partial charge in [-0.1, -0.05) is 6.07 Å². The van der Waals surface area contributed by atoms with Gasteiger partial charge in [0, 0.05) is 12.2 Å². The normalized spacial score (nSPS) is 10.3. The van der Waals surface area contributed by atoms with Crippen molar-refractivity contribution in [2.24, 2.45) is 0 Å². The van der Waals surface area contributed by atoms with Crippen molar-refractivity contribution in [2.45, 2.75) is 13.5 Å². The van der Waals surface area contributed by atoms with E-state index in [0.717, 1.165) is 0 Å². The second-order valence-corrected chi connectivity index (χ2v) is 4.44. The first-order valence-corrected chi connectivity index (χ1v) is 5.99. The van der Waals surface area contributed by atoms with Crippen molar-refractivity contribution >= 4 is 11.7 Å². The molecule has 0 amide bonds. The van der Waals surface area contributed by atoms with Gasteiger partial charge in [0.05, 0.1) is 5.56 Å². The molecule has 0 aliphatic heterocycles. The molecule has 2 N–H and O–H groups in total. The van der Waals surface area contributed by atoms with Gasteiger partial charge in [-0.05, 0) is 48.4 Å². The second kappa shape index (κ2) is 5.69. The number of carbonyl (C=O) groups is 1. The summed E-state index contributed by atoms with van der Waals surface area (Å²) in [5, 5.41) is 11.8. The summed E-state index contributed by atoms with van der Waals surface area (Å²) in [6, 6.07) is 8.53. The van der Waals surface area contributed by atoms with Crippen LogP contribution < -0.4 is 5.32 Å². The molecule has 0 spiro atoms. The van der Waals surface area contributed by atoms with Gasteiger partial charge in [0.15, 0.2) is 0 Å². The van der Waals surface area contributed by atoms with Crippen LogP contribution in [0.1, 0.15) is 21.5 Å². The molecule has 0 aliphatic rings. The lowest BCUT2D eigenvalue weighted by molar-refractivity contribution is 0.0692. The Balaban J connectivity index is 2.09. The van der Waals surface area contributed by atoms with Gasteiger partial charge in [0.2, 0.25) is 0 Å². The van der Waals surface area contributed by atoms with Crippen LogP contribution in [-0.2, 0) is 6.54 Å². The van der Waals surface area contributed by atoms with Crippen LogP contribution in [0.25, 0.3) is 0 Å². The highest BCUT2D eigenvalue weighted by Gasteiger charge is 2.10. The average Bonchev–Trinajstić information content (AvgIpc) is 2.40. The zero-order chi connectivity index (χ0) is 14.7. The molecule has 20 heavy (non-hydrogen) atoms. The quantitative estimate of drug-likeness (QED) is 0.898. The van der Waals surface area contributed by atoms with Crippen molar-refractivity contribution in [2.75, 3.05) is 5.32 Å². The minimum atomic E-state index is -1.30. The van der Waals surface area contributed by atoms with E-state index in [2.05, 4.69) is 5.32 Å². The Kier molecular flexibility index (Phi) is 3.98. The minimum Gasteiger partial charge on any atom is -0.478 e. The smallest absolute Gasteiger partial charge is 0.338 e. The summed E-state index contributed by atoms with van der Waals surface area (Å²) in [6.07, 6.45) is 0. The number of carboxylic acid groups (broad SMARTS) is 1. The number of benzene rings is 2. The summed E-state index contributed by atoms with van der Waals surface area (Å²) < 4.78 is 26.6. The minimum absolute atomic E-state index is 0.285. The maximum absolute atomic E-state index is 13.5. The Labute approximate surface area is 114 Å². The zero-order valence-electron chi connectivity index (χ0n) is 10.8. The van der Waals surface area contributed by atoms with Crippen LogP contribution in [0.5, 0.6) is 0 Å². The maximum Gasteiger partial charge on any atom is 0.338 e. The van der Waals surface area contributed by atoms with Crippen LogP contribution in [0, 0.1) is 18.6 Å². The van der Waals surface area contributed by atoms with E-state index in [1.807, 2.05) is 0 Å². The first-order valence-electron chi connectivity index (χ1n) is 5.99. The SMILES string of the molecule is Cc1cc(NCc2ccc(C(=O)O)c(F)c2)ccc1F. The van der Waals surface area contributed by atoms with Gasteiger partial charge in [-0.15, -0.1) is 0 Å². The van der Waals surface area contributed by atoms with Crippen LogP contribution in [0.4, 0.5) is 14.5 Å². The van der Waals surface area contributed by atoms with E-state index in [0.29, 0.717) is 23.4 Å². The molecule has 0 atom stereocenters. The number of aryl methyl sites for hydroxylation is 1. The molecule has 0 aliphatic carbocycles. The van der Waals surface area contributed by atoms with Crippen molar-refractivity contribution in [1.29, 1.82) is 0 Å². The highest BCUT2D eigenvalue weighted by atomic mass is 19.1. The van der Waals surface area contributed by atoms with Crippen LogP contribution >= 0.6 is 0 Å². The molecule has 0 aromatic heterocycles. The summed E-state index contributed by atoms with van der Waals surface area (Å²) in [7, 11) is 0. The van der Waals surface area contributed by atoms with Crippen molar-refractivity contribution in [3.8, 4) is 0 Å². The molecule has 0 radical (unpaired) electrons. The first kappa shape index (κ1) is 14.0.